The monoisotopic (exact) mass is 279 g/mol. The molecule has 0 amide bonds. The van der Waals surface area contributed by atoms with Gasteiger partial charge in [0.25, 0.3) is 0 Å². The van der Waals surface area contributed by atoms with Crippen molar-refractivity contribution < 1.29 is 0 Å². The van der Waals surface area contributed by atoms with Crippen LogP contribution in [0.4, 0.5) is 0 Å². The van der Waals surface area contributed by atoms with E-state index in [-0.39, 0.29) is 0 Å². The topological polar surface area (TPSA) is 32.5 Å². The van der Waals surface area contributed by atoms with Crippen LogP contribution in [0.2, 0.25) is 0 Å². The zero-order valence-electron chi connectivity index (χ0n) is 13.1. The van der Waals surface area contributed by atoms with E-state index in [0.29, 0.717) is 0 Å². The molecule has 0 aromatic heterocycles. The van der Waals surface area contributed by atoms with Gasteiger partial charge < -0.3 is 5.73 Å². The van der Waals surface area contributed by atoms with Crippen molar-refractivity contribution >= 4 is 0 Å². The molecule has 1 saturated carbocycles. The molecule has 20 heavy (non-hydrogen) atoms. The maximum atomic E-state index is 6.07. The zero-order chi connectivity index (χ0) is 13.8. The summed E-state index contributed by atoms with van der Waals surface area (Å²) >= 11 is 0. The smallest absolute Gasteiger partial charge is 0.0235 e. The Labute approximate surface area is 124 Å². The molecular formula is C17H33N3. The highest BCUT2D eigenvalue weighted by Crippen LogP contribution is 2.30. The van der Waals surface area contributed by atoms with E-state index in [0.717, 1.165) is 24.5 Å². The normalized spacial score (nSPS) is 38.0. The van der Waals surface area contributed by atoms with Crippen molar-refractivity contribution in [2.45, 2.75) is 69.9 Å². The van der Waals surface area contributed by atoms with Crippen LogP contribution in [0.5, 0.6) is 0 Å². The van der Waals surface area contributed by atoms with Gasteiger partial charge in [0.1, 0.15) is 0 Å². The SMILES string of the molecule is NCC1CCCCCC1N1CCC(N2CCCCC2)C1. The van der Waals surface area contributed by atoms with Gasteiger partial charge in [0.15, 0.2) is 0 Å². The van der Waals surface area contributed by atoms with E-state index in [1.807, 2.05) is 0 Å². The molecule has 3 nitrogen and oxygen atoms in total. The van der Waals surface area contributed by atoms with Crippen molar-refractivity contribution in [2.75, 3.05) is 32.7 Å². The van der Waals surface area contributed by atoms with Crippen molar-refractivity contribution in [3.63, 3.8) is 0 Å². The van der Waals surface area contributed by atoms with Crippen molar-refractivity contribution in [1.29, 1.82) is 0 Å². The molecule has 3 aliphatic rings. The maximum absolute atomic E-state index is 6.07. The second-order valence-corrected chi connectivity index (χ2v) is 7.24. The average Bonchev–Trinajstić information content (AvgIpc) is 2.87. The van der Waals surface area contributed by atoms with E-state index >= 15 is 0 Å². The fraction of sp³-hybridized carbons (Fsp3) is 1.00. The summed E-state index contributed by atoms with van der Waals surface area (Å²) in [6.45, 7) is 6.24. The van der Waals surface area contributed by atoms with Gasteiger partial charge in [-0.3, -0.25) is 9.80 Å². The van der Waals surface area contributed by atoms with Crippen LogP contribution in [0.1, 0.15) is 57.8 Å². The third-order valence-corrected chi connectivity index (χ3v) is 5.99. The third-order valence-electron chi connectivity index (χ3n) is 5.99. The van der Waals surface area contributed by atoms with E-state index in [9.17, 15) is 0 Å². The van der Waals surface area contributed by atoms with Gasteiger partial charge in [-0.25, -0.2) is 0 Å². The molecule has 2 aliphatic heterocycles. The first-order chi connectivity index (χ1) is 9.88. The lowest BCUT2D eigenvalue weighted by atomic mass is 9.93. The summed E-state index contributed by atoms with van der Waals surface area (Å²) in [4.78, 5) is 5.58. The number of hydrogen-bond donors (Lipinski definition) is 1. The van der Waals surface area contributed by atoms with Crippen LogP contribution in [0.25, 0.3) is 0 Å². The van der Waals surface area contributed by atoms with Gasteiger partial charge in [-0.15, -0.1) is 0 Å². The molecule has 116 valence electrons. The van der Waals surface area contributed by atoms with E-state index in [2.05, 4.69) is 9.80 Å². The Kier molecular flexibility index (Phi) is 5.36. The van der Waals surface area contributed by atoms with Crippen molar-refractivity contribution in [2.24, 2.45) is 11.7 Å². The van der Waals surface area contributed by atoms with Gasteiger partial charge in [0.05, 0.1) is 0 Å². The van der Waals surface area contributed by atoms with E-state index in [4.69, 9.17) is 5.73 Å². The number of nitrogens with two attached hydrogens (primary N) is 1. The number of piperidine rings is 1. The Morgan fingerprint density at radius 1 is 0.750 bits per heavy atom. The Bertz CT molecular complexity index is 288. The second-order valence-electron chi connectivity index (χ2n) is 7.24. The Morgan fingerprint density at radius 3 is 2.30 bits per heavy atom. The van der Waals surface area contributed by atoms with E-state index in [1.165, 1.54) is 84.0 Å². The number of likely N-dealkylation sites (tertiary alicyclic amines) is 2. The molecule has 2 N–H and O–H groups in total. The molecule has 1 aliphatic carbocycles. The minimum atomic E-state index is 0.762. The zero-order valence-corrected chi connectivity index (χ0v) is 13.1. The first-order valence-corrected chi connectivity index (χ1v) is 9.06. The van der Waals surface area contributed by atoms with Crippen LogP contribution in [-0.4, -0.2) is 54.6 Å². The molecule has 3 fully saturated rings. The summed E-state index contributed by atoms with van der Waals surface area (Å²) in [7, 11) is 0. The van der Waals surface area contributed by atoms with Crippen LogP contribution in [-0.2, 0) is 0 Å². The molecule has 2 heterocycles. The summed E-state index contributed by atoms with van der Waals surface area (Å²) in [6, 6.07) is 1.63. The molecular weight excluding hydrogens is 246 g/mol. The van der Waals surface area contributed by atoms with E-state index in [1.54, 1.807) is 0 Å². The largest absolute Gasteiger partial charge is 0.330 e. The Balaban J connectivity index is 1.57. The van der Waals surface area contributed by atoms with Crippen LogP contribution in [0.3, 0.4) is 0 Å². The standard InChI is InChI=1S/C17H33N3/c18-13-15-7-3-1-4-8-17(15)20-12-9-16(14-20)19-10-5-2-6-11-19/h15-17H,1-14,18H2. The summed E-state index contributed by atoms with van der Waals surface area (Å²) < 4.78 is 0. The van der Waals surface area contributed by atoms with Crippen LogP contribution >= 0.6 is 0 Å². The molecule has 0 spiro atoms. The number of hydrogen-bond acceptors (Lipinski definition) is 3. The lowest BCUT2D eigenvalue weighted by Gasteiger charge is -2.35. The Morgan fingerprint density at radius 2 is 1.50 bits per heavy atom. The lowest BCUT2D eigenvalue weighted by molar-refractivity contribution is 0.130. The molecule has 0 bridgehead atoms. The highest BCUT2D eigenvalue weighted by atomic mass is 15.3. The van der Waals surface area contributed by atoms with Crippen molar-refractivity contribution in [1.82, 2.24) is 9.80 Å². The molecule has 2 saturated heterocycles. The predicted octanol–water partition coefficient (Wildman–Crippen LogP) is 2.45. The highest BCUT2D eigenvalue weighted by molar-refractivity contribution is 4.91. The van der Waals surface area contributed by atoms with Crippen molar-refractivity contribution in [3.05, 3.63) is 0 Å². The van der Waals surface area contributed by atoms with Crippen LogP contribution < -0.4 is 5.73 Å². The van der Waals surface area contributed by atoms with Crippen LogP contribution in [0, 0.1) is 5.92 Å². The van der Waals surface area contributed by atoms with Crippen LogP contribution in [0.15, 0.2) is 0 Å². The molecule has 0 aromatic carbocycles. The fourth-order valence-corrected chi connectivity index (χ4v) is 4.77. The highest BCUT2D eigenvalue weighted by Gasteiger charge is 2.35. The number of nitrogens with zero attached hydrogens (tertiary/aromatic N) is 2. The summed E-state index contributed by atoms with van der Waals surface area (Å²) in [5.41, 5.74) is 6.07. The lowest BCUT2D eigenvalue weighted by Crippen LogP contribution is -2.45. The average molecular weight is 279 g/mol. The second kappa shape index (κ2) is 7.24. The molecule has 3 atom stereocenters. The minimum Gasteiger partial charge on any atom is -0.330 e. The van der Waals surface area contributed by atoms with Gasteiger partial charge in [-0.2, -0.15) is 0 Å². The predicted molar refractivity (Wildman–Crippen MR) is 84.8 cm³/mol. The van der Waals surface area contributed by atoms with Gasteiger partial charge >= 0.3 is 0 Å². The van der Waals surface area contributed by atoms with Crippen molar-refractivity contribution in [3.8, 4) is 0 Å². The third kappa shape index (κ3) is 3.37. The fourth-order valence-electron chi connectivity index (χ4n) is 4.77. The Hall–Kier alpha value is -0.120. The van der Waals surface area contributed by atoms with Gasteiger partial charge in [-0.1, -0.05) is 25.7 Å². The number of rotatable bonds is 3. The van der Waals surface area contributed by atoms with Gasteiger partial charge in [0.2, 0.25) is 0 Å². The minimum absolute atomic E-state index is 0.762. The maximum Gasteiger partial charge on any atom is 0.0235 e. The summed E-state index contributed by atoms with van der Waals surface area (Å²) in [6.07, 6.45) is 12.7. The van der Waals surface area contributed by atoms with E-state index < -0.39 is 0 Å². The molecule has 3 rings (SSSR count). The van der Waals surface area contributed by atoms with Gasteiger partial charge in [-0.05, 0) is 57.7 Å². The summed E-state index contributed by atoms with van der Waals surface area (Å²) in [5, 5.41) is 0. The van der Waals surface area contributed by atoms with Gasteiger partial charge in [0, 0.05) is 25.2 Å². The summed E-state index contributed by atoms with van der Waals surface area (Å²) in [5.74, 6) is 0.762. The first kappa shape index (κ1) is 14.8. The quantitative estimate of drug-likeness (QED) is 0.806. The molecule has 0 aromatic rings. The molecule has 3 unspecified atom stereocenters. The first-order valence-electron chi connectivity index (χ1n) is 9.06. The molecule has 0 radical (unpaired) electrons. The molecule has 3 heteroatoms.